The first-order valence-electron chi connectivity index (χ1n) is 13.1. The molecule has 2 amide bonds. The fourth-order valence-electron chi connectivity index (χ4n) is 4.18. The molecule has 0 saturated heterocycles. The van der Waals surface area contributed by atoms with Gasteiger partial charge in [-0.05, 0) is 95.5 Å². The van der Waals surface area contributed by atoms with Gasteiger partial charge in [0.15, 0.2) is 0 Å². The molecule has 0 bridgehead atoms. The number of halogens is 1. The van der Waals surface area contributed by atoms with E-state index in [1.165, 1.54) is 4.90 Å². The molecule has 3 rings (SSSR count). The molecule has 9 heteroatoms. The summed E-state index contributed by atoms with van der Waals surface area (Å²) in [4.78, 5) is 28.8. The number of carbonyl (C=O) groups is 2. The van der Waals surface area contributed by atoms with Gasteiger partial charge < -0.3 is 10.2 Å². The van der Waals surface area contributed by atoms with Crippen LogP contribution in [0.1, 0.15) is 49.9 Å². The van der Waals surface area contributed by atoms with Crippen molar-refractivity contribution in [1.29, 1.82) is 0 Å². The third kappa shape index (κ3) is 7.95. The van der Waals surface area contributed by atoms with E-state index in [1.807, 2.05) is 77.9 Å². The number of rotatable bonds is 9. The molecule has 0 aliphatic rings. The van der Waals surface area contributed by atoms with Crippen LogP contribution in [-0.2, 0) is 26.2 Å². The summed E-state index contributed by atoms with van der Waals surface area (Å²) in [7, 11) is -4.11. The molecule has 0 aliphatic carbocycles. The first kappa shape index (κ1) is 31.4. The van der Waals surface area contributed by atoms with Crippen molar-refractivity contribution in [3.05, 3.63) is 93.5 Å². The van der Waals surface area contributed by atoms with Crippen molar-refractivity contribution in [3.63, 3.8) is 0 Å². The number of anilines is 1. The van der Waals surface area contributed by atoms with Gasteiger partial charge in [0.05, 0.1) is 10.6 Å². The molecule has 214 valence electrons. The minimum atomic E-state index is -4.11. The van der Waals surface area contributed by atoms with Crippen LogP contribution < -0.4 is 9.62 Å². The van der Waals surface area contributed by atoms with Crippen molar-refractivity contribution < 1.29 is 18.0 Å². The highest BCUT2D eigenvalue weighted by molar-refractivity contribution is 9.10. The fourth-order valence-corrected chi connectivity index (χ4v) is 5.92. The largest absolute Gasteiger partial charge is 0.350 e. The highest BCUT2D eigenvalue weighted by atomic mass is 79.9. The van der Waals surface area contributed by atoms with Crippen molar-refractivity contribution in [2.24, 2.45) is 0 Å². The quantitative estimate of drug-likeness (QED) is 0.320. The Morgan fingerprint density at radius 2 is 1.48 bits per heavy atom. The van der Waals surface area contributed by atoms with Gasteiger partial charge in [0.2, 0.25) is 11.8 Å². The van der Waals surface area contributed by atoms with Gasteiger partial charge in [0, 0.05) is 16.6 Å². The maximum absolute atomic E-state index is 14.1. The number of benzene rings is 3. The Kier molecular flexibility index (Phi) is 9.85. The van der Waals surface area contributed by atoms with Gasteiger partial charge in [-0.3, -0.25) is 13.9 Å². The summed E-state index contributed by atoms with van der Waals surface area (Å²) >= 11 is 3.43. The predicted molar refractivity (Wildman–Crippen MR) is 164 cm³/mol. The summed E-state index contributed by atoms with van der Waals surface area (Å²) < 4.78 is 30.1. The van der Waals surface area contributed by atoms with Crippen LogP contribution in [0.5, 0.6) is 0 Å². The lowest BCUT2D eigenvalue weighted by atomic mass is 10.1. The van der Waals surface area contributed by atoms with Crippen LogP contribution in [0.25, 0.3) is 0 Å². The van der Waals surface area contributed by atoms with Crippen LogP contribution >= 0.6 is 15.9 Å². The Bertz CT molecular complexity index is 1460. The minimum Gasteiger partial charge on any atom is -0.350 e. The normalized spacial score (nSPS) is 12.5. The Morgan fingerprint density at radius 3 is 2.05 bits per heavy atom. The molecule has 0 fully saturated rings. The topological polar surface area (TPSA) is 86.8 Å². The Hall–Kier alpha value is -3.17. The molecule has 1 atom stereocenters. The number of carbonyl (C=O) groups excluding carboxylic acids is 2. The summed E-state index contributed by atoms with van der Waals surface area (Å²) in [6, 6.07) is 18.7. The molecule has 3 aromatic rings. The average molecular weight is 629 g/mol. The van der Waals surface area contributed by atoms with Crippen molar-refractivity contribution in [2.75, 3.05) is 10.8 Å². The van der Waals surface area contributed by atoms with Crippen LogP contribution in [0.2, 0.25) is 0 Å². The molecule has 0 spiro atoms. The zero-order valence-electron chi connectivity index (χ0n) is 24.2. The maximum Gasteiger partial charge on any atom is 0.264 e. The summed E-state index contributed by atoms with van der Waals surface area (Å²) in [5, 5.41) is 2.94. The van der Waals surface area contributed by atoms with Crippen molar-refractivity contribution >= 4 is 43.5 Å². The molecule has 0 radical (unpaired) electrons. The number of sulfonamides is 1. The lowest BCUT2D eigenvalue weighted by molar-refractivity contribution is -0.140. The molecule has 1 N–H and O–H groups in total. The van der Waals surface area contributed by atoms with Crippen LogP contribution in [0.4, 0.5) is 5.69 Å². The molecule has 3 aromatic carbocycles. The highest BCUT2D eigenvalue weighted by Crippen LogP contribution is 2.29. The first-order valence-corrected chi connectivity index (χ1v) is 15.3. The second-order valence-corrected chi connectivity index (χ2v) is 14.0. The zero-order chi connectivity index (χ0) is 29.8. The summed E-state index contributed by atoms with van der Waals surface area (Å²) in [6.07, 6.45) is 0. The first-order chi connectivity index (χ1) is 18.6. The molecule has 7 nitrogen and oxygen atoms in total. The van der Waals surface area contributed by atoms with E-state index in [2.05, 4.69) is 21.2 Å². The Morgan fingerprint density at radius 1 is 0.900 bits per heavy atom. The second kappa shape index (κ2) is 12.6. The average Bonchev–Trinajstić information content (AvgIpc) is 2.87. The lowest BCUT2D eigenvalue weighted by Gasteiger charge is -2.34. The smallest absolute Gasteiger partial charge is 0.264 e. The van der Waals surface area contributed by atoms with E-state index in [0.29, 0.717) is 11.3 Å². The zero-order valence-corrected chi connectivity index (χ0v) is 26.6. The fraction of sp³-hybridized carbons (Fsp3) is 0.355. The van der Waals surface area contributed by atoms with Crippen LogP contribution in [-0.4, -0.2) is 43.3 Å². The second-order valence-electron chi connectivity index (χ2n) is 11.2. The highest BCUT2D eigenvalue weighted by Gasteiger charge is 2.34. The molecular formula is C31H38BrN3O4S. The predicted octanol–water partition coefficient (Wildman–Crippen LogP) is 5.90. The van der Waals surface area contributed by atoms with Crippen molar-refractivity contribution in [2.45, 2.75) is 71.5 Å². The van der Waals surface area contributed by atoms with E-state index < -0.39 is 34.1 Å². The third-order valence-electron chi connectivity index (χ3n) is 6.45. The summed E-state index contributed by atoms with van der Waals surface area (Å²) in [6.45, 7) is 12.5. The molecule has 0 aliphatic heterocycles. The molecule has 40 heavy (non-hydrogen) atoms. The lowest BCUT2D eigenvalue weighted by Crippen LogP contribution is -2.54. The maximum atomic E-state index is 14.1. The number of nitrogens with zero attached hydrogens (tertiary/aromatic N) is 2. The summed E-state index contributed by atoms with van der Waals surface area (Å²) in [5.41, 5.74) is 3.23. The SMILES string of the molecule is Cc1ccc(S(=O)(=O)N(CC(=O)N(Cc2ccc(Br)cc2)[C@@H](C)C(=O)NC(C)(C)C)c2cc(C)ccc2C)cc1. The van der Waals surface area contributed by atoms with E-state index >= 15 is 0 Å². The monoisotopic (exact) mass is 627 g/mol. The van der Waals surface area contributed by atoms with Gasteiger partial charge in [-0.1, -0.05) is 57.9 Å². The van der Waals surface area contributed by atoms with E-state index in [4.69, 9.17) is 0 Å². The Labute approximate surface area is 246 Å². The number of amides is 2. The van der Waals surface area contributed by atoms with Crippen LogP contribution in [0, 0.1) is 20.8 Å². The Balaban J connectivity index is 2.08. The molecule has 0 aromatic heterocycles. The standard InChI is InChI=1S/C31H38BrN3O4S/c1-21-9-16-27(17-10-21)40(38,39)35(28-18-22(2)8-11-23(28)3)20-29(36)34(19-25-12-14-26(32)15-13-25)24(4)30(37)33-31(5,6)7/h8-18,24H,19-20H2,1-7H3,(H,33,37)/t24-/m0/s1. The number of hydrogen-bond donors (Lipinski definition) is 1. The van der Waals surface area contributed by atoms with Gasteiger partial charge >= 0.3 is 0 Å². The van der Waals surface area contributed by atoms with E-state index in [0.717, 1.165) is 25.5 Å². The number of nitrogens with one attached hydrogen (secondary N) is 1. The summed E-state index contributed by atoms with van der Waals surface area (Å²) in [5.74, 6) is -0.811. The van der Waals surface area contributed by atoms with Gasteiger partial charge in [0.25, 0.3) is 10.0 Å². The van der Waals surface area contributed by atoms with Crippen molar-refractivity contribution in [3.8, 4) is 0 Å². The van der Waals surface area contributed by atoms with Crippen LogP contribution in [0.3, 0.4) is 0 Å². The van der Waals surface area contributed by atoms with Gasteiger partial charge in [-0.25, -0.2) is 8.42 Å². The minimum absolute atomic E-state index is 0.0878. The van der Waals surface area contributed by atoms with Gasteiger partial charge in [-0.15, -0.1) is 0 Å². The number of hydrogen-bond acceptors (Lipinski definition) is 4. The molecular weight excluding hydrogens is 590 g/mol. The van der Waals surface area contributed by atoms with Gasteiger partial charge in [-0.2, -0.15) is 0 Å². The van der Waals surface area contributed by atoms with E-state index in [1.54, 1.807) is 37.3 Å². The van der Waals surface area contributed by atoms with Gasteiger partial charge in [0.1, 0.15) is 12.6 Å². The third-order valence-corrected chi connectivity index (χ3v) is 8.76. The molecule has 0 unspecified atom stereocenters. The molecule has 0 saturated carbocycles. The molecule has 0 heterocycles. The van der Waals surface area contributed by atoms with Crippen molar-refractivity contribution in [1.82, 2.24) is 10.2 Å². The van der Waals surface area contributed by atoms with E-state index in [9.17, 15) is 18.0 Å². The van der Waals surface area contributed by atoms with E-state index in [-0.39, 0.29) is 17.3 Å². The van der Waals surface area contributed by atoms with Crippen LogP contribution in [0.15, 0.2) is 76.1 Å². The number of aryl methyl sites for hydroxylation is 3.